The van der Waals surface area contributed by atoms with Crippen molar-refractivity contribution in [2.75, 3.05) is 7.11 Å². The van der Waals surface area contributed by atoms with Gasteiger partial charge in [-0.15, -0.1) is 0 Å². The fourth-order valence-electron chi connectivity index (χ4n) is 1.01. The molecule has 0 aliphatic carbocycles. The van der Waals surface area contributed by atoms with Crippen LogP contribution in [-0.4, -0.2) is 35.3 Å². The highest BCUT2D eigenvalue weighted by molar-refractivity contribution is 6.02. The molecule has 1 N–H and O–H groups in total. The van der Waals surface area contributed by atoms with Crippen LogP contribution in [0.4, 0.5) is 0 Å². The third-order valence-corrected chi connectivity index (χ3v) is 1.57. The maximum Gasteiger partial charge on any atom is 0.140 e. The van der Waals surface area contributed by atoms with Gasteiger partial charge in [0.05, 0.1) is 12.8 Å². The van der Waals surface area contributed by atoms with E-state index in [1.165, 1.54) is 13.8 Å². The largest absolute Gasteiger partial charge is 0.400 e. The van der Waals surface area contributed by atoms with Gasteiger partial charge in [-0.3, -0.25) is 19.2 Å². The van der Waals surface area contributed by atoms with Gasteiger partial charge in [0.1, 0.15) is 23.1 Å². The highest BCUT2D eigenvalue weighted by Gasteiger charge is 2.10. The molecule has 0 aromatic rings. The number of aliphatic hydroxyl groups is 1. The van der Waals surface area contributed by atoms with Crippen LogP contribution < -0.4 is 0 Å². The van der Waals surface area contributed by atoms with E-state index < -0.39 is 0 Å². The van der Waals surface area contributed by atoms with Crippen molar-refractivity contribution in [3.63, 3.8) is 0 Å². The van der Waals surface area contributed by atoms with Gasteiger partial charge in [0.15, 0.2) is 0 Å². The average molecular weight is 230 g/mol. The Morgan fingerprint density at radius 1 is 0.750 bits per heavy atom. The first-order chi connectivity index (χ1) is 7.41. The molecule has 0 bridgehead atoms. The summed E-state index contributed by atoms with van der Waals surface area (Å²) < 4.78 is 0. The second-order valence-corrected chi connectivity index (χ2v) is 3.33. The number of hydrogen-bond acceptors (Lipinski definition) is 5. The molecule has 0 saturated heterocycles. The molecule has 0 spiro atoms. The van der Waals surface area contributed by atoms with E-state index in [0.717, 1.165) is 7.11 Å². The van der Waals surface area contributed by atoms with Gasteiger partial charge < -0.3 is 5.11 Å². The fourth-order valence-corrected chi connectivity index (χ4v) is 1.01. The molecule has 0 heterocycles. The Morgan fingerprint density at radius 3 is 1.19 bits per heavy atom. The van der Waals surface area contributed by atoms with Crippen LogP contribution in [0.15, 0.2) is 0 Å². The zero-order valence-electron chi connectivity index (χ0n) is 9.91. The Hall–Kier alpha value is -1.36. The molecule has 0 aromatic heterocycles. The van der Waals surface area contributed by atoms with E-state index >= 15 is 0 Å². The van der Waals surface area contributed by atoms with Crippen LogP contribution in [-0.2, 0) is 19.2 Å². The van der Waals surface area contributed by atoms with Crippen molar-refractivity contribution in [1.82, 2.24) is 0 Å². The maximum absolute atomic E-state index is 11.0. The summed E-state index contributed by atoms with van der Waals surface area (Å²) in [6.07, 6.45) is -0.113. The first kappa shape index (κ1) is 17.0. The van der Waals surface area contributed by atoms with Crippen LogP contribution in [0.2, 0.25) is 0 Å². The van der Waals surface area contributed by atoms with Gasteiger partial charge in [0, 0.05) is 20.0 Å². The molecule has 0 aliphatic heterocycles. The van der Waals surface area contributed by atoms with Crippen molar-refractivity contribution in [3.05, 3.63) is 0 Å². The number of hydrogen-bond donors (Lipinski definition) is 1. The molecular weight excluding hydrogens is 212 g/mol. The zero-order chi connectivity index (χ0) is 13.1. The van der Waals surface area contributed by atoms with E-state index in [1.54, 1.807) is 0 Å². The highest BCUT2D eigenvalue weighted by atomic mass is 16.2. The third kappa shape index (κ3) is 12.6. The molecule has 16 heavy (non-hydrogen) atoms. The summed E-state index contributed by atoms with van der Waals surface area (Å²) >= 11 is 0. The van der Waals surface area contributed by atoms with Gasteiger partial charge >= 0.3 is 0 Å². The van der Waals surface area contributed by atoms with Gasteiger partial charge in [-0.25, -0.2) is 0 Å². The summed E-state index contributed by atoms with van der Waals surface area (Å²) in [6, 6.07) is 0. The van der Waals surface area contributed by atoms with E-state index in [2.05, 4.69) is 0 Å². The number of carbonyl (C=O) groups is 4. The first-order valence-corrected chi connectivity index (χ1v) is 4.89. The Balaban J connectivity index is 0. The number of Topliss-reactive ketones (excluding diaryl/α,β-unsaturated/α-hetero) is 4. The quantitative estimate of drug-likeness (QED) is 0.642. The lowest BCUT2D eigenvalue weighted by molar-refractivity contribution is -0.130. The molecule has 92 valence electrons. The summed E-state index contributed by atoms with van der Waals surface area (Å²) in [5.74, 6) is -0.883. The predicted molar refractivity (Wildman–Crippen MR) is 58.0 cm³/mol. The maximum atomic E-state index is 11.0. The second-order valence-electron chi connectivity index (χ2n) is 3.33. The molecule has 0 unspecified atom stereocenters. The Labute approximate surface area is 94.8 Å². The summed E-state index contributed by atoms with van der Waals surface area (Å²) in [4.78, 5) is 43.0. The summed E-state index contributed by atoms with van der Waals surface area (Å²) in [5, 5.41) is 7.00. The van der Waals surface area contributed by atoms with Crippen molar-refractivity contribution in [3.8, 4) is 0 Å². The topological polar surface area (TPSA) is 88.5 Å². The SMILES string of the molecule is CC(=O)CC(=O)CCC(=O)CC(C)=O.CO. The van der Waals surface area contributed by atoms with Crippen LogP contribution >= 0.6 is 0 Å². The van der Waals surface area contributed by atoms with Gasteiger partial charge in [-0.1, -0.05) is 0 Å². The standard InChI is InChI=1S/C10H14O4.CH4O/c1-7(11)5-9(13)3-4-10(14)6-8(2)12;1-2/h3-6H2,1-2H3;2H,1H3. The first-order valence-electron chi connectivity index (χ1n) is 4.89. The minimum atomic E-state index is -0.241. The van der Waals surface area contributed by atoms with Crippen molar-refractivity contribution in [1.29, 1.82) is 0 Å². The molecule has 0 saturated carbocycles. The van der Waals surface area contributed by atoms with Crippen LogP contribution in [0.25, 0.3) is 0 Å². The zero-order valence-corrected chi connectivity index (χ0v) is 9.91. The van der Waals surface area contributed by atoms with Crippen molar-refractivity contribution in [2.24, 2.45) is 0 Å². The number of rotatable bonds is 7. The van der Waals surface area contributed by atoms with Gasteiger partial charge in [-0.2, -0.15) is 0 Å². The third-order valence-electron chi connectivity index (χ3n) is 1.57. The summed E-state index contributed by atoms with van der Waals surface area (Å²) in [6.45, 7) is 2.66. The van der Waals surface area contributed by atoms with Crippen LogP contribution in [0.5, 0.6) is 0 Å². The Bertz CT molecular complexity index is 240. The number of aliphatic hydroxyl groups excluding tert-OH is 1. The molecule has 5 nitrogen and oxygen atoms in total. The second kappa shape index (κ2) is 10.2. The molecule has 0 radical (unpaired) electrons. The summed E-state index contributed by atoms with van der Waals surface area (Å²) in [7, 11) is 1.00. The summed E-state index contributed by atoms with van der Waals surface area (Å²) in [5.41, 5.74) is 0. The molecule has 0 atom stereocenters. The molecule has 0 fully saturated rings. The molecule has 5 heteroatoms. The molecule has 0 aromatic carbocycles. The van der Waals surface area contributed by atoms with E-state index in [4.69, 9.17) is 5.11 Å². The number of ketones is 4. The fraction of sp³-hybridized carbons (Fsp3) is 0.636. The van der Waals surface area contributed by atoms with E-state index in [9.17, 15) is 19.2 Å². The smallest absolute Gasteiger partial charge is 0.140 e. The monoisotopic (exact) mass is 230 g/mol. The molecule has 0 aliphatic rings. The lowest BCUT2D eigenvalue weighted by Gasteiger charge is -1.97. The molecular formula is C11H18O5. The minimum absolute atomic E-state index is 0.0612. The Morgan fingerprint density at radius 2 is 1.00 bits per heavy atom. The van der Waals surface area contributed by atoms with Crippen LogP contribution in [0, 0.1) is 0 Å². The Kier molecular flexibility index (Phi) is 10.8. The number of carbonyl (C=O) groups excluding carboxylic acids is 4. The van der Waals surface area contributed by atoms with E-state index in [1.807, 2.05) is 0 Å². The lowest BCUT2D eigenvalue weighted by Crippen LogP contribution is -2.09. The molecule has 0 amide bonds. The minimum Gasteiger partial charge on any atom is -0.400 e. The lowest BCUT2D eigenvalue weighted by atomic mass is 10.1. The van der Waals surface area contributed by atoms with Gasteiger partial charge in [0.25, 0.3) is 0 Å². The van der Waals surface area contributed by atoms with E-state index in [-0.39, 0.29) is 48.8 Å². The van der Waals surface area contributed by atoms with Gasteiger partial charge in [-0.05, 0) is 13.8 Å². The van der Waals surface area contributed by atoms with Gasteiger partial charge in [0.2, 0.25) is 0 Å². The van der Waals surface area contributed by atoms with Crippen LogP contribution in [0.3, 0.4) is 0 Å². The van der Waals surface area contributed by atoms with Crippen molar-refractivity contribution in [2.45, 2.75) is 39.5 Å². The molecule has 0 rings (SSSR count). The van der Waals surface area contributed by atoms with Crippen molar-refractivity contribution < 1.29 is 24.3 Å². The predicted octanol–water partition coefficient (Wildman–Crippen LogP) is 0.472. The average Bonchev–Trinajstić information content (AvgIpc) is 2.16. The van der Waals surface area contributed by atoms with E-state index in [0.29, 0.717) is 0 Å². The van der Waals surface area contributed by atoms with Crippen LogP contribution in [0.1, 0.15) is 39.5 Å². The van der Waals surface area contributed by atoms with Crippen molar-refractivity contribution >= 4 is 23.1 Å². The normalized spacial score (nSPS) is 8.75. The highest BCUT2D eigenvalue weighted by Crippen LogP contribution is 2.00.